The summed E-state index contributed by atoms with van der Waals surface area (Å²) in [4.78, 5) is 11.4. The minimum absolute atomic E-state index is 0.347. The van der Waals surface area contributed by atoms with Gasteiger partial charge in [0.1, 0.15) is 5.82 Å². The first kappa shape index (κ1) is 13.8. The second-order valence-electron chi connectivity index (χ2n) is 4.08. The zero-order chi connectivity index (χ0) is 14.4. The predicted molar refractivity (Wildman–Crippen MR) is 76.5 cm³/mol. The molecule has 0 saturated heterocycles. The van der Waals surface area contributed by atoms with Gasteiger partial charge in [-0.1, -0.05) is 36.4 Å². The summed E-state index contributed by atoms with van der Waals surface area (Å²) in [5.74, 6) is -0.826. The summed E-state index contributed by atoms with van der Waals surface area (Å²) in [5, 5.41) is 3.02. The molecule has 0 spiro atoms. The van der Waals surface area contributed by atoms with Gasteiger partial charge < -0.3 is 10.1 Å². The van der Waals surface area contributed by atoms with Gasteiger partial charge in [-0.3, -0.25) is 0 Å². The zero-order valence-electron chi connectivity index (χ0n) is 11.0. The molecule has 0 aliphatic rings. The smallest absolute Gasteiger partial charge is 0.332 e. The fraction of sp³-hybridized carbons (Fsp3) is 0.0625. The van der Waals surface area contributed by atoms with Crippen molar-refractivity contribution in [3.63, 3.8) is 0 Å². The molecule has 0 saturated carbocycles. The highest BCUT2D eigenvalue weighted by Gasteiger charge is 2.06. The van der Waals surface area contributed by atoms with Gasteiger partial charge in [0.2, 0.25) is 0 Å². The van der Waals surface area contributed by atoms with Crippen molar-refractivity contribution in [1.82, 2.24) is 0 Å². The Morgan fingerprint density at radius 2 is 1.90 bits per heavy atom. The molecule has 102 valence electrons. The van der Waals surface area contributed by atoms with Crippen LogP contribution in [0.25, 0.3) is 5.70 Å². The lowest BCUT2D eigenvalue weighted by Crippen LogP contribution is -2.04. The summed E-state index contributed by atoms with van der Waals surface area (Å²) in [6.07, 6.45) is 1.33. The van der Waals surface area contributed by atoms with Crippen molar-refractivity contribution in [3.05, 3.63) is 72.1 Å². The third-order valence-electron chi connectivity index (χ3n) is 2.65. The Kier molecular flexibility index (Phi) is 4.50. The van der Waals surface area contributed by atoms with Crippen LogP contribution in [0.4, 0.5) is 10.1 Å². The Hall–Kier alpha value is -2.62. The van der Waals surface area contributed by atoms with Crippen molar-refractivity contribution in [2.75, 3.05) is 12.4 Å². The van der Waals surface area contributed by atoms with Crippen LogP contribution in [0.2, 0.25) is 0 Å². The molecule has 0 radical (unpaired) electrons. The number of methoxy groups -OCH3 is 1. The van der Waals surface area contributed by atoms with Gasteiger partial charge in [0.05, 0.1) is 12.8 Å². The average molecular weight is 271 g/mol. The fourth-order valence-electron chi connectivity index (χ4n) is 1.71. The quantitative estimate of drug-likeness (QED) is 0.683. The molecule has 2 rings (SSSR count). The van der Waals surface area contributed by atoms with Crippen LogP contribution in [0.1, 0.15) is 5.56 Å². The van der Waals surface area contributed by atoms with Crippen molar-refractivity contribution >= 4 is 17.4 Å². The molecule has 1 N–H and O–H groups in total. The van der Waals surface area contributed by atoms with Gasteiger partial charge in [-0.2, -0.15) is 0 Å². The Bertz CT molecular complexity index is 623. The van der Waals surface area contributed by atoms with Crippen LogP contribution in [0.5, 0.6) is 0 Å². The van der Waals surface area contributed by atoms with E-state index in [0.717, 1.165) is 5.56 Å². The van der Waals surface area contributed by atoms with Crippen LogP contribution in [0, 0.1) is 5.82 Å². The van der Waals surface area contributed by atoms with E-state index in [0.29, 0.717) is 11.4 Å². The van der Waals surface area contributed by atoms with E-state index in [1.54, 1.807) is 12.1 Å². The van der Waals surface area contributed by atoms with Gasteiger partial charge >= 0.3 is 5.97 Å². The van der Waals surface area contributed by atoms with E-state index in [4.69, 9.17) is 0 Å². The topological polar surface area (TPSA) is 38.3 Å². The van der Waals surface area contributed by atoms with Crippen LogP contribution in [-0.2, 0) is 9.53 Å². The van der Waals surface area contributed by atoms with Crippen molar-refractivity contribution in [2.24, 2.45) is 0 Å². The van der Waals surface area contributed by atoms with Gasteiger partial charge in [-0.05, 0) is 23.8 Å². The molecule has 0 amide bonds. The molecule has 0 aliphatic carbocycles. The van der Waals surface area contributed by atoms with Crippen molar-refractivity contribution in [3.8, 4) is 0 Å². The SMILES string of the molecule is COC(=O)/C=C(/Nc1cccc(F)c1)c1ccccc1. The molecule has 0 atom stereocenters. The van der Waals surface area contributed by atoms with E-state index in [-0.39, 0.29) is 5.82 Å². The van der Waals surface area contributed by atoms with Crippen LogP contribution in [0.3, 0.4) is 0 Å². The second kappa shape index (κ2) is 6.52. The molecule has 4 heteroatoms. The molecular weight excluding hydrogens is 257 g/mol. The van der Waals surface area contributed by atoms with E-state index in [1.807, 2.05) is 30.3 Å². The number of ether oxygens (including phenoxy) is 1. The number of hydrogen-bond acceptors (Lipinski definition) is 3. The molecule has 0 unspecified atom stereocenters. The Morgan fingerprint density at radius 3 is 2.55 bits per heavy atom. The predicted octanol–water partition coefficient (Wildman–Crippen LogP) is 3.45. The van der Waals surface area contributed by atoms with Gasteiger partial charge in [-0.25, -0.2) is 9.18 Å². The first-order valence-corrected chi connectivity index (χ1v) is 6.06. The van der Waals surface area contributed by atoms with Crippen molar-refractivity contribution in [1.29, 1.82) is 0 Å². The highest BCUT2D eigenvalue weighted by Crippen LogP contribution is 2.19. The van der Waals surface area contributed by atoms with Gasteiger partial charge in [0, 0.05) is 11.8 Å². The molecule has 20 heavy (non-hydrogen) atoms. The normalized spacial score (nSPS) is 11.0. The first-order valence-electron chi connectivity index (χ1n) is 6.06. The summed E-state index contributed by atoms with van der Waals surface area (Å²) < 4.78 is 17.8. The number of halogens is 1. The van der Waals surface area contributed by atoms with Gasteiger partial charge in [0.25, 0.3) is 0 Å². The molecule has 0 fully saturated rings. The fourth-order valence-corrected chi connectivity index (χ4v) is 1.71. The Labute approximate surface area is 116 Å². The molecule has 0 bridgehead atoms. The maximum Gasteiger partial charge on any atom is 0.332 e. The number of benzene rings is 2. The summed E-state index contributed by atoms with van der Waals surface area (Å²) in [6, 6.07) is 15.3. The summed E-state index contributed by atoms with van der Waals surface area (Å²) in [5.41, 5.74) is 1.91. The second-order valence-corrected chi connectivity index (χ2v) is 4.08. The third-order valence-corrected chi connectivity index (χ3v) is 2.65. The van der Waals surface area contributed by atoms with Crippen molar-refractivity contribution < 1.29 is 13.9 Å². The lowest BCUT2D eigenvalue weighted by molar-refractivity contribution is -0.134. The number of carbonyl (C=O) groups excluding carboxylic acids is 1. The van der Waals surface area contributed by atoms with E-state index in [9.17, 15) is 9.18 Å². The molecule has 2 aromatic carbocycles. The number of anilines is 1. The van der Waals surface area contributed by atoms with E-state index >= 15 is 0 Å². The lowest BCUT2D eigenvalue weighted by atomic mass is 10.1. The highest BCUT2D eigenvalue weighted by molar-refractivity contribution is 5.94. The third kappa shape index (κ3) is 3.68. The summed E-state index contributed by atoms with van der Waals surface area (Å²) in [6.45, 7) is 0. The lowest BCUT2D eigenvalue weighted by Gasteiger charge is -2.11. The number of esters is 1. The number of nitrogens with one attached hydrogen (secondary N) is 1. The Morgan fingerprint density at radius 1 is 1.15 bits per heavy atom. The van der Waals surface area contributed by atoms with Crippen LogP contribution in [0.15, 0.2) is 60.7 Å². The molecule has 3 nitrogen and oxygen atoms in total. The van der Waals surface area contributed by atoms with E-state index < -0.39 is 5.97 Å². The highest BCUT2D eigenvalue weighted by atomic mass is 19.1. The van der Waals surface area contributed by atoms with Gasteiger partial charge in [0.15, 0.2) is 0 Å². The largest absolute Gasteiger partial charge is 0.466 e. The number of carbonyl (C=O) groups is 1. The summed E-state index contributed by atoms with van der Waals surface area (Å²) in [7, 11) is 1.31. The average Bonchev–Trinajstić information content (AvgIpc) is 2.47. The Balaban J connectivity index is 2.33. The summed E-state index contributed by atoms with van der Waals surface area (Å²) >= 11 is 0. The molecule has 0 heterocycles. The van der Waals surface area contributed by atoms with Crippen LogP contribution < -0.4 is 5.32 Å². The number of hydrogen-bond donors (Lipinski definition) is 1. The van der Waals surface area contributed by atoms with Crippen molar-refractivity contribution in [2.45, 2.75) is 0 Å². The number of rotatable bonds is 4. The van der Waals surface area contributed by atoms with Crippen LogP contribution in [-0.4, -0.2) is 13.1 Å². The van der Waals surface area contributed by atoms with E-state index in [2.05, 4.69) is 10.1 Å². The maximum absolute atomic E-state index is 13.2. The monoisotopic (exact) mass is 271 g/mol. The maximum atomic E-state index is 13.2. The van der Waals surface area contributed by atoms with E-state index in [1.165, 1.54) is 25.3 Å². The minimum atomic E-state index is -0.479. The van der Waals surface area contributed by atoms with Gasteiger partial charge in [-0.15, -0.1) is 0 Å². The standard InChI is InChI=1S/C16H14FNO2/c1-20-16(19)11-15(12-6-3-2-4-7-12)18-14-9-5-8-13(17)10-14/h2-11,18H,1H3/b15-11+. The molecule has 0 aliphatic heterocycles. The first-order chi connectivity index (χ1) is 9.69. The minimum Gasteiger partial charge on any atom is -0.466 e. The zero-order valence-corrected chi connectivity index (χ0v) is 11.0. The van der Waals surface area contributed by atoms with Crippen LogP contribution >= 0.6 is 0 Å². The molecule has 2 aromatic rings. The molecular formula is C16H14FNO2. The molecule has 0 aromatic heterocycles.